The molecule has 0 atom stereocenters. The molecule has 0 fully saturated rings. The van der Waals surface area contributed by atoms with E-state index in [1.807, 2.05) is 25.1 Å². The molecule has 0 spiro atoms. The molecule has 0 aliphatic rings. The number of para-hydroxylation sites is 2. The molecular weight excluding hydrogens is 265 g/mol. The first-order valence-corrected chi connectivity index (χ1v) is 7.13. The molecule has 0 amide bonds. The number of hydrogen-bond acceptors (Lipinski definition) is 2. The number of aromatic nitrogens is 2. The quantitative estimate of drug-likeness (QED) is 0.780. The molecule has 108 valence electrons. The molecule has 21 heavy (non-hydrogen) atoms. The number of halogens is 1. The van der Waals surface area contributed by atoms with Crippen LogP contribution < -0.4 is 5.32 Å². The van der Waals surface area contributed by atoms with Crippen molar-refractivity contribution < 1.29 is 4.39 Å². The molecule has 0 bridgehead atoms. The summed E-state index contributed by atoms with van der Waals surface area (Å²) < 4.78 is 15.3. The molecule has 0 unspecified atom stereocenters. The molecule has 3 rings (SSSR count). The van der Waals surface area contributed by atoms with Crippen LogP contribution in [0.5, 0.6) is 0 Å². The molecule has 0 radical (unpaired) electrons. The van der Waals surface area contributed by atoms with Gasteiger partial charge in [-0.2, -0.15) is 0 Å². The molecule has 3 aromatic rings. The minimum absolute atomic E-state index is 0.209. The number of imidazole rings is 1. The fraction of sp³-hybridized carbons (Fsp3) is 0.235. The van der Waals surface area contributed by atoms with Crippen LogP contribution >= 0.6 is 0 Å². The zero-order chi connectivity index (χ0) is 14.8. The van der Waals surface area contributed by atoms with Crippen molar-refractivity contribution in [2.24, 2.45) is 0 Å². The number of nitrogens with one attached hydrogen (secondary N) is 1. The Labute approximate surface area is 123 Å². The fourth-order valence-corrected chi connectivity index (χ4v) is 2.61. The van der Waals surface area contributed by atoms with Crippen LogP contribution in [0.15, 0.2) is 42.5 Å². The van der Waals surface area contributed by atoms with Crippen LogP contribution in [-0.4, -0.2) is 9.55 Å². The van der Waals surface area contributed by atoms with Crippen LogP contribution in [0.3, 0.4) is 0 Å². The summed E-state index contributed by atoms with van der Waals surface area (Å²) in [7, 11) is 0. The highest BCUT2D eigenvalue weighted by Crippen LogP contribution is 2.19. The second kappa shape index (κ2) is 5.56. The first-order valence-electron chi connectivity index (χ1n) is 7.13. The van der Waals surface area contributed by atoms with Gasteiger partial charge in [0.25, 0.3) is 0 Å². The number of hydrogen-bond donors (Lipinski definition) is 1. The van der Waals surface area contributed by atoms with E-state index in [1.165, 1.54) is 12.1 Å². The van der Waals surface area contributed by atoms with Gasteiger partial charge in [0.2, 0.25) is 0 Å². The van der Waals surface area contributed by atoms with E-state index in [0.717, 1.165) is 34.7 Å². The first kappa shape index (κ1) is 13.6. The third-order valence-corrected chi connectivity index (χ3v) is 3.68. The van der Waals surface area contributed by atoms with Gasteiger partial charge >= 0.3 is 0 Å². The highest BCUT2D eigenvalue weighted by atomic mass is 19.1. The van der Waals surface area contributed by atoms with Crippen LogP contribution in [-0.2, 0) is 13.1 Å². The maximum absolute atomic E-state index is 13.1. The lowest BCUT2D eigenvalue weighted by atomic mass is 10.2. The van der Waals surface area contributed by atoms with Gasteiger partial charge in [-0.3, -0.25) is 0 Å². The van der Waals surface area contributed by atoms with Gasteiger partial charge in [0, 0.05) is 12.2 Å². The number of nitrogens with zero attached hydrogens (tertiary/aromatic N) is 2. The number of benzene rings is 2. The van der Waals surface area contributed by atoms with Gasteiger partial charge in [-0.1, -0.05) is 12.1 Å². The van der Waals surface area contributed by atoms with Crippen molar-refractivity contribution in [2.75, 3.05) is 5.32 Å². The molecular formula is C17H18FN3. The lowest BCUT2D eigenvalue weighted by molar-refractivity contribution is 0.626. The summed E-state index contributed by atoms with van der Waals surface area (Å²) >= 11 is 0. The zero-order valence-corrected chi connectivity index (χ0v) is 12.2. The molecule has 3 nitrogen and oxygen atoms in total. The third kappa shape index (κ3) is 2.61. The monoisotopic (exact) mass is 283 g/mol. The summed E-state index contributed by atoms with van der Waals surface area (Å²) in [6, 6.07) is 12.9. The number of fused-ring (bicyclic) bond motifs is 1. The highest BCUT2D eigenvalue weighted by molar-refractivity contribution is 5.76. The van der Waals surface area contributed by atoms with Crippen molar-refractivity contribution in [2.45, 2.75) is 26.9 Å². The molecule has 1 aromatic heterocycles. The summed E-state index contributed by atoms with van der Waals surface area (Å²) in [5, 5.41) is 3.34. The summed E-state index contributed by atoms with van der Waals surface area (Å²) in [4.78, 5) is 4.67. The van der Waals surface area contributed by atoms with E-state index in [1.54, 1.807) is 6.07 Å². The normalized spacial score (nSPS) is 11.0. The van der Waals surface area contributed by atoms with Crippen LogP contribution in [0, 0.1) is 12.7 Å². The van der Waals surface area contributed by atoms with Gasteiger partial charge in [-0.15, -0.1) is 0 Å². The number of rotatable bonds is 4. The zero-order valence-electron chi connectivity index (χ0n) is 12.2. The number of anilines is 1. The highest BCUT2D eigenvalue weighted by Gasteiger charge is 2.09. The maximum atomic E-state index is 13.1. The van der Waals surface area contributed by atoms with Gasteiger partial charge in [0.15, 0.2) is 0 Å². The number of aryl methyl sites for hydroxylation is 2. The van der Waals surface area contributed by atoms with Crippen molar-refractivity contribution in [3.63, 3.8) is 0 Å². The Morgan fingerprint density at radius 1 is 1.19 bits per heavy atom. The van der Waals surface area contributed by atoms with Gasteiger partial charge in [-0.25, -0.2) is 9.37 Å². The van der Waals surface area contributed by atoms with Crippen molar-refractivity contribution >= 4 is 16.7 Å². The Morgan fingerprint density at radius 3 is 2.76 bits per heavy atom. The van der Waals surface area contributed by atoms with E-state index in [4.69, 9.17) is 0 Å². The third-order valence-electron chi connectivity index (χ3n) is 3.68. The van der Waals surface area contributed by atoms with E-state index >= 15 is 0 Å². The van der Waals surface area contributed by atoms with Crippen LogP contribution in [0.4, 0.5) is 10.1 Å². The van der Waals surface area contributed by atoms with E-state index in [-0.39, 0.29) is 5.82 Å². The van der Waals surface area contributed by atoms with E-state index in [2.05, 4.69) is 27.9 Å². The Balaban J connectivity index is 1.88. The lowest BCUT2D eigenvalue weighted by Gasteiger charge is -2.10. The van der Waals surface area contributed by atoms with E-state index < -0.39 is 0 Å². The van der Waals surface area contributed by atoms with Crippen LogP contribution in [0.1, 0.15) is 18.3 Å². The minimum atomic E-state index is -0.209. The van der Waals surface area contributed by atoms with Gasteiger partial charge in [0.05, 0.1) is 17.6 Å². The predicted octanol–water partition coefficient (Wildman–Crippen LogP) is 4.12. The Bertz CT molecular complexity index is 777. The molecule has 4 heteroatoms. The molecule has 2 aromatic carbocycles. The van der Waals surface area contributed by atoms with Gasteiger partial charge < -0.3 is 9.88 Å². The maximum Gasteiger partial charge on any atom is 0.129 e. The Hall–Kier alpha value is -2.36. The topological polar surface area (TPSA) is 29.9 Å². The second-order valence-corrected chi connectivity index (χ2v) is 5.07. The van der Waals surface area contributed by atoms with E-state index in [0.29, 0.717) is 6.54 Å². The molecule has 0 saturated carbocycles. The summed E-state index contributed by atoms with van der Waals surface area (Å²) in [5.41, 5.74) is 3.99. The molecule has 0 aliphatic heterocycles. The van der Waals surface area contributed by atoms with Crippen molar-refractivity contribution in [1.82, 2.24) is 9.55 Å². The Kier molecular flexibility index (Phi) is 3.60. The predicted molar refractivity (Wildman–Crippen MR) is 83.9 cm³/mol. The summed E-state index contributed by atoms with van der Waals surface area (Å²) in [6.45, 7) is 5.50. The van der Waals surface area contributed by atoms with Crippen molar-refractivity contribution in [3.05, 3.63) is 59.7 Å². The average molecular weight is 283 g/mol. The lowest BCUT2D eigenvalue weighted by Crippen LogP contribution is -2.08. The minimum Gasteiger partial charge on any atom is -0.378 e. The molecule has 1 N–H and O–H groups in total. The molecule has 0 aliphatic carbocycles. The standard InChI is InChI=1S/C17H18FN3/c1-3-21-16-7-5-4-6-15(16)20-17(21)11-19-14-9-8-13(18)10-12(14)2/h4-10,19H,3,11H2,1-2H3. The molecule has 1 heterocycles. The first-order chi connectivity index (χ1) is 10.2. The summed E-state index contributed by atoms with van der Waals surface area (Å²) in [6.07, 6.45) is 0. The van der Waals surface area contributed by atoms with Crippen LogP contribution in [0.2, 0.25) is 0 Å². The summed E-state index contributed by atoms with van der Waals surface area (Å²) in [5.74, 6) is 0.779. The van der Waals surface area contributed by atoms with E-state index in [9.17, 15) is 4.39 Å². The largest absolute Gasteiger partial charge is 0.378 e. The van der Waals surface area contributed by atoms with Crippen molar-refractivity contribution in [1.29, 1.82) is 0 Å². The smallest absolute Gasteiger partial charge is 0.129 e. The van der Waals surface area contributed by atoms with Crippen molar-refractivity contribution in [3.8, 4) is 0 Å². The SMILES string of the molecule is CCn1c(CNc2ccc(F)cc2C)nc2ccccc21. The van der Waals surface area contributed by atoms with Gasteiger partial charge in [-0.05, 0) is 49.7 Å². The van der Waals surface area contributed by atoms with Gasteiger partial charge in [0.1, 0.15) is 11.6 Å². The fourth-order valence-electron chi connectivity index (χ4n) is 2.61. The Morgan fingerprint density at radius 2 is 2.00 bits per heavy atom. The average Bonchev–Trinajstić information content (AvgIpc) is 2.83. The van der Waals surface area contributed by atoms with Crippen LogP contribution in [0.25, 0.3) is 11.0 Å². The second-order valence-electron chi connectivity index (χ2n) is 5.07. The molecule has 0 saturated heterocycles.